The van der Waals surface area contributed by atoms with Crippen molar-refractivity contribution in [2.75, 3.05) is 19.6 Å². The first-order valence-corrected chi connectivity index (χ1v) is 9.18. The van der Waals surface area contributed by atoms with E-state index in [4.69, 9.17) is 0 Å². The molecule has 0 bridgehead atoms. The van der Waals surface area contributed by atoms with Crippen LogP contribution in [0.5, 0.6) is 0 Å². The van der Waals surface area contributed by atoms with E-state index in [2.05, 4.69) is 22.8 Å². The molecule has 0 saturated carbocycles. The van der Waals surface area contributed by atoms with Gasteiger partial charge in [-0.1, -0.05) is 36.4 Å². The Morgan fingerprint density at radius 1 is 1.04 bits per heavy atom. The van der Waals surface area contributed by atoms with E-state index in [0.717, 1.165) is 17.9 Å². The summed E-state index contributed by atoms with van der Waals surface area (Å²) in [5.41, 5.74) is 3.34. The molecule has 0 fully saturated rings. The maximum Gasteiger partial charge on any atom is 0.261 e. The van der Waals surface area contributed by atoms with Crippen LogP contribution in [0.25, 0.3) is 0 Å². The van der Waals surface area contributed by atoms with Gasteiger partial charge in [0, 0.05) is 25.6 Å². The van der Waals surface area contributed by atoms with Gasteiger partial charge in [-0.3, -0.25) is 19.3 Å². The number of nitrogens with zero attached hydrogens (tertiary/aromatic N) is 1. The third kappa shape index (κ3) is 3.36. The van der Waals surface area contributed by atoms with Gasteiger partial charge in [-0.05, 0) is 36.2 Å². The SMILES string of the molecule is O=C(CCN1C(=O)c2ccccc2C1=O)NCC1NCCc2ccccc21. The summed E-state index contributed by atoms with van der Waals surface area (Å²) in [5, 5.41) is 6.34. The fourth-order valence-corrected chi connectivity index (χ4v) is 3.73. The molecule has 2 aromatic rings. The number of amides is 3. The minimum Gasteiger partial charge on any atom is -0.354 e. The Bertz CT molecular complexity index is 874. The predicted molar refractivity (Wildman–Crippen MR) is 100 cm³/mol. The number of fused-ring (bicyclic) bond motifs is 2. The zero-order chi connectivity index (χ0) is 18.8. The molecule has 6 heteroatoms. The molecule has 0 saturated heterocycles. The molecule has 27 heavy (non-hydrogen) atoms. The lowest BCUT2D eigenvalue weighted by Crippen LogP contribution is -2.40. The Balaban J connectivity index is 1.31. The second kappa shape index (κ2) is 7.32. The summed E-state index contributed by atoms with van der Waals surface area (Å²) >= 11 is 0. The Labute approximate surface area is 157 Å². The van der Waals surface area contributed by atoms with E-state index in [9.17, 15) is 14.4 Å². The van der Waals surface area contributed by atoms with Crippen molar-refractivity contribution in [1.82, 2.24) is 15.5 Å². The summed E-state index contributed by atoms with van der Waals surface area (Å²) in [6.07, 6.45) is 1.08. The number of carbonyl (C=O) groups is 3. The van der Waals surface area contributed by atoms with Crippen molar-refractivity contribution in [1.29, 1.82) is 0 Å². The molecule has 3 amide bonds. The van der Waals surface area contributed by atoms with Crippen LogP contribution in [0.2, 0.25) is 0 Å². The van der Waals surface area contributed by atoms with Gasteiger partial charge < -0.3 is 10.6 Å². The van der Waals surface area contributed by atoms with Crippen LogP contribution >= 0.6 is 0 Å². The molecule has 2 heterocycles. The normalized spacial score (nSPS) is 18.2. The van der Waals surface area contributed by atoms with E-state index < -0.39 is 0 Å². The first-order chi connectivity index (χ1) is 13.1. The van der Waals surface area contributed by atoms with Crippen LogP contribution in [0, 0.1) is 0 Å². The molecule has 2 aliphatic heterocycles. The van der Waals surface area contributed by atoms with Crippen LogP contribution in [-0.2, 0) is 11.2 Å². The summed E-state index contributed by atoms with van der Waals surface area (Å²) in [6, 6.07) is 15.1. The summed E-state index contributed by atoms with van der Waals surface area (Å²) in [6.45, 7) is 1.46. The highest BCUT2D eigenvalue weighted by molar-refractivity contribution is 6.21. The van der Waals surface area contributed by atoms with Crippen LogP contribution in [0.3, 0.4) is 0 Å². The number of carbonyl (C=O) groups excluding carboxylic acids is 3. The van der Waals surface area contributed by atoms with E-state index in [1.165, 1.54) is 11.1 Å². The van der Waals surface area contributed by atoms with Crippen molar-refractivity contribution in [2.45, 2.75) is 18.9 Å². The molecule has 2 aromatic carbocycles. The third-order valence-electron chi connectivity index (χ3n) is 5.16. The van der Waals surface area contributed by atoms with Crippen LogP contribution < -0.4 is 10.6 Å². The summed E-state index contributed by atoms with van der Waals surface area (Å²) in [5.74, 6) is -0.825. The molecule has 0 radical (unpaired) electrons. The van der Waals surface area contributed by atoms with Gasteiger partial charge in [0.25, 0.3) is 11.8 Å². The van der Waals surface area contributed by atoms with Crippen molar-refractivity contribution in [2.24, 2.45) is 0 Å². The van der Waals surface area contributed by atoms with E-state index in [1.807, 2.05) is 12.1 Å². The molecule has 2 N–H and O–H groups in total. The second-order valence-electron chi connectivity index (χ2n) is 6.82. The molecular weight excluding hydrogens is 342 g/mol. The molecule has 1 atom stereocenters. The van der Waals surface area contributed by atoms with Crippen LogP contribution in [0.4, 0.5) is 0 Å². The lowest BCUT2D eigenvalue weighted by molar-refractivity contribution is -0.121. The molecule has 1 unspecified atom stereocenters. The average molecular weight is 363 g/mol. The van der Waals surface area contributed by atoms with Gasteiger partial charge in [-0.2, -0.15) is 0 Å². The molecule has 0 aromatic heterocycles. The molecule has 2 aliphatic rings. The predicted octanol–water partition coefficient (Wildman–Crippen LogP) is 1.68. The molecule has 4 rings (SSSR count). The highest BCUT2D eigenvalue weighted by Gasteiger charge is 2.35. The average Bonchev–Trinajstić information content (AvgIpc) is 2.95. The fraction of sp³-hybridized carbons (Fsp3) is 0.286. The molecular formula is C21H21N3O3. The Morgan fingerprint density at radius 2 is 1.70 bits per heavy atom. The first-order valence-electron chi connectivity index (χ1n) is 9.18. The Hall–Kier alpha value is -2.99. The van der Waals surface area contributed by atoms with Crippen LogP contribution in [0.1, 0.15) is 44.3 Å². The molecule has 138 valence electrons. The standard InChI is InChI=1S/C21H21N3O3/c25-19(23-13-18-15-6-2-1-5-14(15)9-11-22-18)10-12-24-20(26)16-7-3-4-8-17(16)21(24)27/h1-8,18,22H,9-13H2,(H,23,25). The number of rotatable bonds is 5. The van der Waals surface area contributed by atoms with E-state index in [-0.39, 0.29) is 36.7 Å². The van der Waals surface area contributed by atoms with Gasteiger partial charge >= 0.3 is 0 Å². The van der Waals surface area contributed by atoms with Crippen molar-refractivity contribution < 1.29 is 14.4 Å². The smallest absolute Gasteiger partial charge is 0.261 e. The maximum atomic E-state index is 12.3. The minimum atomic E-state index is -0.328. The number of hydrogen-bond donors (Lipinski definition) is 2. The quantitative estimate of drug-likeness (QED) is 0.793. The summed E-state index contributed by atoms with van der Waals surface area (Å²) < 4.78 is 0. The topological polar surface area (TPSA) is 78.5 Å². The Morgan fingerprint density at radius 3 is 2.44 bits per heavy atom. The maximum absolute atomic E-state index is 12.3. The highest BCUT2D eigenvalue weighted by atomic mass is 16.2. The number of imide groups is 1. The monoisotopic (exact) mass is 363 g/mol. The number of hydrogen-bond acceptors (Lipinski definition) is 4. The van der Waals surface area contributed by atoms with Gasteiger partial charge in [0.2, 0.25) is 5.91 Å². The highest BCUT2D eigenvalue weighted by Crippen LogP contribution is 2.23. The summed E-state index contributed by atoms with van der Waals surface area (Å²) in [4.78, 5) is 38.1. The van der Waals surface area contributed by atoms with Crippen molar-refractivity contribution in [3.05, 3.63) is 70.8 Å². The zero-order valence-corrected chi connectivity index (χ0v) is 14.9. The largest absolute Gasteiger partial charge is 0.354 e. The van der Waals surface area contributed by atoms with Gasteiger partial charge in [0.15, 0.2) is 0 Å². The van der Waals surface area contributed by atoms with Gasteiger partial charge in [0.1, 0.15) is 0 Å². The zero-order valence-electron chi connectivity index (χ0n) is 14.9. The van der Waals surface area contributed by atoms with Gasteiger partial charge in [-0.15, -0.1) is 0 Å². The number of benzene rings is 2. The Kier molecular flexibility index (Phi) is 4.73. The summed E-state index contributed by atoms with van der Waals surface area (Å²) in [7, 11) is 0. The molecule has 0 spiro atoms. The minimum absolute atomic E-state index is 0.0817. The van der Waals surface area contributed by atoms with E-state index in [1.54, 1.807) is 24.3 Å². The van der Waals surface area contributed by atoms with Crippen molar-refractivity contribution in [3.63, 3.8) is 0 Å². The van der Waals surface area contributed by atoms with Crippen LogP contribution in [-0.4, -0.2) is 42.3 Å². The van der Waals surface area contributed by atoms with E-state index >= 15 is 0 Å². The lowest BCUT2D eigenvalue weighted by atomic mass is 9.94. The van der Waals surface area contributed by atoms with Gasteiger partial charge in [0.05, 0.1) is 11.1 Å². The molecule has 6 nitrogen and oxygen atoms in total. The fourth-order valence-electron chi connectivity index (χ4n) is 3.73. The van der Waals surface area contributed by atoms with E-state index in [0.29, 0.717) is 17.7 Å². The van der Waals surface area contributed by atoms with Crippen molar-refractivity contribution >= 4 is 17.7 Å². The molecule has 0 aliphatic carbocycles. The first kappa shape index (κ1) is 17.4. The van der Waals surface area contributed by atoms with Crippen LogP contribution in [0.15, 0.2) is 48.5 Å². The lowest BCUT2D eigenvalue weighted by Gasteiger charge is -2.27. The third-order valence-corrected chi connectivity index (χ3v) is 5.16. The number of nitrogens with one attached hydrogen (secondary N) is 2. The second-order valence-corrected chi connectivity index (χ2v) is 6.82. The van der Waals surface area contributed by atoms with Gasteiger partial charge in [-0.25, -0.2) is 0 Å². The van der Waals surface area contributed by atoms with Crippen molar-refractivity contribution in [3.8, 4) is 0 Å².